The van der Waals surface area contributed by atoms with Gasteiger partial charge in [-0.1, -0.05) is 22.0 Å². The molecular weight excluding hydrogens is 310 g/mol. The summed E-state index contributed by atoms with van der Waals surface area (Å²) in [6.45, 7) is 3.37. The molecule has 0 aliphatic heterocycles. The van der Waals surface area contributed by atoms with Gasteiger partial charge < -0.3 is 10.6 Å². The molecule has 2 rings (SSSR count). The van der Waals surface area contributed by atoms with Crippen LogP contribution in [0.1, 0.15) is 16.3 Å². The molecule has 96 valence electrons. The molecule has 0 bridgehead atoms. The Morgan fingerprint density at radius 3 is 2.83 bits per heavy atom. The third-order valence-electron chi connectivity index (χ3n) is 2.74. The summed E-state index contributed by atoms with van der Waals surface area (Å²) in [4.78, 5) is 6.67. The fraction of sp³-hybridized carbons (Fsp3) is 0.308. The van der Waals surface area contributed by atoms with E-state index in [1.54, 1.807) is 11.3 Å². The van der Waals surface area contributed by atoms with E-state index in [1.165, 1.54) is 0 Å². The van der Waals surface area contributed by atoms with Crippen LogP contribution in [0.2, 0.25) is 0 Å². The van der Waals surface area contributed by atoms with Crippen molar-refractivity contribution < 1.29 is 0 Å². The van der Waals surface area contributed by atoms with Crippen LogP contribution >= 0.6 is 27.3 Å². The molecule has 18 heavy (non-hydrogen) atoms. The molecule has 3 nitrogen and oxygen atoms in total. The molecule has 5 heteroatoms. The summed E-state index contributed by atoms with van der Waals surface area (Å²) >= 11 is 5.19. The molecule has 2 aromatic rings. The summed E-state index contributed by atoms with van der Waals surface area (Å²) in [5, 5.41) is 3.21. The highest BCUT2D eigenvalue weighted by Crippen LogP contribution is 2.25. The second-order valence-electron chi connectivity index (χ2n) is 4.19. The first-order chi connectivity index (χ1) is 8.60. The average Bonchev–Trinajstić information content (AvgIpc) is 2.74. The number of aromatic nitrogens is 1. The quantitative estimate of drug-likeness (QED) is 0.937. The maximum absolute atomic E-state index is 5.78. The second kappa shape index (κ2) is 5.82. The monoisotopic (exact) mass is 325 g/mol. The van der Waals surface area contributed by atoms with Gasteiger partial charge in [-0.05, 0) is 24.6 Å². The van der Waals surface area contributed by atoms with Gasteiger partial charge in [-0.2, -0.15) is 0 Å². The van der Waals surface area contributed by atoms with E-state index in [2.05, 4.69) is 50.4 Å². The van der Waals surface area contributed by atoms with Crippen LogP contribution in [-0.2, 0) is 13.1 Å². The van der Waals surface area contributed by atoms with Crippen LogP contribution < -0.4 is 10.6 Å². The fourth-order valence-corrected chi connectivity index (χ4v) is 2.83. The Morgan fingerprint density at radius 2 is 2.22 bits per heavy atom. The Bertz CT molecular complexity index is 539. The minimum absolute atomic E-state index is 0.545. The number of hydrogen-bond acceptors (Lipinski definition) is 4. The summed E-state index contributed by atoms with van der Waals surface area (Å²) in [7, 11) is 2.07. The van der Waals surface area contributed by atoms with Crippen molar-refractivity contribution in [2.75, 3.05) is 11.9 Å². The van der Waals surface area contributed by atoms with Crippen molar-refractivity contribution in [3.8, 4) is 0 Å². The number of hydrogen-bond donors (Lipinski definition) is 1. The highest BCUT2D eigenvalue weighted by atomic mass is 79.9. The van der Waals surface area contributed by atoms with Gasteiger partial charge in [0.2, 0.25) is 0 Å². The molecule has 1 heterocycles. The normalized spacial score (nSPS) is 10.7. The summed E-state index contributed by atoms with van der Waals surface area (Å²) in [6, 6.07) is 6.18. The standard InChI is InChI=1S/C13H16BrN3S/c1-9-16-12(8-18-9)7-17(2)13-5-11(14)4-3-10(13)6-15/h3-5,8H,6-7,15H2,1-2H3. The van der Waals surface area contributed by atoms with E-state index in [0.29, 0.717) is 6.54 Å². The van der Waals surface area contributed by atoms with Crippen LogP contribution in [0.5, 0.6) is 0 Å². The Labute approximate surface area is 120 Å². The molecule has 0 spiro atoms. The van der Waals surface area contributed by atoms with Crippen molar-refractivity contribution in [3.63, 3.8) is 0 Å². The number of anilines is 1. The second-order valence-corrected chi connectivity index (χ2v) is 6.17. The first kappa shape index (κ1) is 13.5. The van der Waals surface area contributed by atoms with Gasteiger partial charge in [0.15, 0.2) is 0 Å². The minimum Gasteiger partial charge on any atom is -0.368 e. The maximum Gasteiger partial charge on any atom is 0.0898 e. The highest BCUT2D eigenvalue weighted by Gasteiger charge is 2.09. The van der Waals surface area contributed by atoms with Crippen molar-refractivity contribution in [2.24, 2.45) is 5.73 Å². The molecule has 0 aliphatic rings. The zero-order valence-electron chi connectivity index (χ0n) is 10.5. The predicted octanol–water partition coefficient (Wildman–Crippen LogP) is 3.31. The van der Waals surface area contributed by atoms with Gasteiger partial charge in [-0.25, -0.2) is 4.98 Å². The van der Waals surface area contributed by atoms with Crippen LogP contribution in [0.25, 0.3) is 0 Å². The van der Waals surface area contributed by atoms with Crippen molar-refractivity contribution >= 4 is 33.0 Å². The molecule has 1 aromatic carbocycles. The molecule has 0 unspecified atom stereocenters. The summed E-state index contributed by atoms with van der Waals surface area (Å²) in [6.07, 6.45) is 0. The van der Waals surface area contributed by atoms with Crippen LogP contribution in [-0.4, -0.2) is 12.0 Å². The van der Waals surface area contributed by atoms with E-state index in [1.807, 2.05) is 13.0 Å². The largest absolute Gasteiger partial charge is 0.368 e. The fourth-order valence-electron chi connectivity index (χ4n) is 1.87. The van der Waals surface area contributed by atoms with E-state index in [-0.39, 0.29) is 0 Å². The van der Waals surface area contributed by atoms with Crippen molar-refractivity contribution in [1.29, 1.82) is 0 Å². The van der Waals surface area contributed by atoms with Crippen LogP contribution in [0.3, 0.4) is 0 Å². The molecule has 0 fully saturated rings. The number of benzene rings is 1. The van der Waals surface area contributed by atoms with Gasteiger partial charge in [-0.15, -0.1) is 11.3 Å². The molecular formula is C13H16BrN3S. The van der Waals surface area contributed by atoms with Gasteiger partial charge in [0.05, 0.1) is 17.2 Å². The molecule has 0 saturated heterocycles. The lowest BCUT2D eigenvalue weighted by molar-refractivity contribution is 0.876. The summed E-state index contributed by atoms with van der Waals surface area (Å²) in [5.41, 5.74) is 9.18. The number of thiazole rings is 1. The van der Waals surface area contributed by atoms with E-state index < -0.39 is 0 Å². The number of rotatable bonds is 4. The summed E-state index contributed by atoms with van der Waals surface area (Å²) in [5.74, 6) is 0. The number of halogens is 1. The first-order valence-electron chi connectivity index (χ1n) is 5.71. The van der Waals surface area contributed by atoms with Gasteiger partial charge in [0.25, 0.3) is 0 Å². The molecule has 1 aromatic heterocycles. The zero-order chi connectivity index (χ0) is 13.1. The molecule has 0 radical (unpaired) electrons. The van der Waals surface area contributed by atoms with E-state index in [9.17, 15) is 0 Å². The Kier molecular flexibility index (Phi) is 4.37. The van der Waals surface area contributed by atoms with Crippen molar-refractivity contribution in [3.05, 3.63) is 44.3 Å². The van der Waals surface area contributed by atoms with Gasteiger partial charge in [-0.3, -0.25) is 0 Å². The Balaban J connectivity index is 2.22. The average molecular weight is 326 g/mol. The minimum atomic E-state index is 0.545. The SMILES string of the molecule is Cc1nc(CN(C)c2cc(Br)ccc2CN)cs1. The van der Waals surface area contributed by atoms with E-state index in [0.717, 1.165) is 33.0 Å². The lowest BCUT2D eigenvalue weighted by atomic mass is 10.1. The van der Waals surface area contributed by atoms with Crippen LogP contribution in [0.4, 0.5) is 5.69 Å². The van der Waals surface area contributed by atoms with Crippen molar-refractivity contribution in [1.82, 2.24) is 4.98 Å². The predicted molar refractivity (Wildman–Crippen MR) is 81.0 cm³/mol. The third kappa shape index (κ3) is 3.10. The molecule has 0 aliphatic carbocycles. The first-order valence-corrected chi connectivity index (χ1v) is 7.38. The number of nitrogens with two attached hydrogens (primary N) is 1. The molecule has 0 saturated carbocycles. The summed E-state index contributed by atoms with van der Waals surface area (Å²) < 4.78 is 1.07. The molecule has 0 atom stereocenters. The van der Waals surface area contributed by atoms with Crippen LogP contribution in [0.15, 0.2) is 28.1 Å². The lowest BCUT2D eigenvalue weighted by Gasteiger charge is -2.21. The number of aryl methyl sites for hydroxylation is 1. The van der Waals surface area contributed by atoms with Gasteiger partial charge >= 0.3 is 0 Å². The Hall–Kier alpha value is -0.910. The smallest absolute Gasteiger partial charge is 0.0898 e. The molecule has 0 amide bonds. The van der Waals surface area contributed by atoms with E-state index >= 15 is 0 Å². The maximum atomic E-state index is 5.78. The third-order valence-corrected chi connectivity index (χ3v) is 4.06. The lowest BCUT2D eigenvalue weighted by Crippen LogP contribution is -2.19. The van der Waals surface area contributed by atoms with Gasteiger partial charge in [0, 0.05) is 29.1 Å². The van der Waals surface area contributed by atoms with Crippen molar-refractivity contribution in [2.45, 2.75) is 20.0 Å². The molecule has 2 N–H and O–H groups in total. The van der Waals surface area contributed by atoms with E-state index in [4.69, 9.17) is 5.73 Å². The number of nitrogens with zero attached hydrogens (tertiary/aromatic N) is 2. The highest BCUT2D eigenvalue weighted by molar-refractivity contribution is 9.10. The topological polar surface area (TPSA) is 42.2 Å². The zero-order valence-corrected chi connectivity index (χ0v) is 12.9. The van der Waals surface area contributed by atoms with Crippen LogP contribution in [0, 0.1) is 6.92 Å². The Morgan fingerprint density at radius 1 is 1.44 bits per heavy atom. The van der Waals surface area contributed by atoms with Gasteiger partial charge in [0.1, 0.15) is 0 Å².